The Hall–Kier alpha value is -2.44. The standard InChI is InChI=1S/C20H25ClN2O4/c1-13-9-16(18(26-3)11-15(13)21)23-20(24)7-8-22-12-14-5-6-17(25-2)19(10-14)27-4/h5-6,9-11,22H,7-8,12H2,1-4H3,(H,23,24). The lowest BCUT2D eigenvalue weighted by Crippen LogP contribution is -2.21. The highest BCUT2D eigenvalue weighted by Crippen LogP contribution is 2.31. The van der Waals surface area contributed by atoms with Gasteiger partial charge in [0.25, 0.3) is 0 Å². The van der Waals surface area contributed by atoms with Crippen LogP contribution in [0.25, 0.3) is 0 Å². The molecule has 0 heterocycles. The Labute approximate surface area is 164 Å². The van der Waals surface area contributed by atoms with Gasteiger partial charge in [-0.15, -0.1) is 0 Å². The number of nitrogens with one attached hydrogen (secondary N) is 2. The molecule has 0 atom stereocenters. The largest absolute Gasteiger partial charge is 0.495 e. The third-order valence-corrected chi connectivity index (χ3v) is 4.47. The molecule has 2 aromatic carbocycles. The van der Waals surface area contributed by atoms with Crippen LogP contribution in [-0.4, -0.2) is 33.8 Å². The summed E-state index contributed by atoms with van der Waals surface area (Å²) in [6.45, 7) is 3.04. The van der Waals surface area contributed by atoms with Crippen molar-refractivity contribution < 1.29 is 19.0 Å². The fourth-order valence-corrected chi connectivity index (χ4v) is 2.72. The van der Waals surface area contributed by atoms with Gasteiger partial charge < -0.3 is 24.8 Å². The molecule has 0 aliphatic rings. The smallest absolute Gasteiger partial charge is 0.225 e. The average molecular weight is 393 g/mol. The van der Waals surface area contributed by atoms with E-state index in [-0.39, 0.29) is 5.91 Å². The number of halogens is 1. The Kier molecular flexibility index (Phi) is 7.76. The normalized spacial score (nSPS) is 10.4. The van der Waals surface area contributed by atoms with Crippen LogP contribution >= 0.6 is 11.6 Å². The summed E-state index contributed by atoms with van der Waals surface area (Å²) in [4.78, 5) is 12.2. The van der Waals surface area contributed by atoms with Crippen LogP contribution in [0.15, 0.2) is 30.3 Å². The van der Waals surface area contributed by atoms with Crippen LogP contribution < -0.4 is 24.8 Å². The van der Waals surface area contributed by atoms with E-state index in [9.17, 15) is 4.79 Å². The van der Waals surface area contributed by atoms with Gasteiger partial charge >= 0.3 is 0 Å². The molecule has 0 saturated heterocycles. The van der Waals surface area contributed by atoms with E-state index in [0.29, 0.717) is 47.5 Å². The first-order valence-corrected chi connectivity index (χ1v) is 8.92. The molecule has 0 saturated carbocycles. The zero-order valence-electron chi connectivity index (χ0n) is 16.0. The molecule has 0 bridgehead atoms. The number of carbonyl (C=O) groups excluding carboxylic acids is 1. The number of hydrogen-bond acceptors (Lipinski definition) is 5. The topological polar surface area (TPSA) is 68.8 Å². The van der Waals surface area contributed by atoms with Crippen molar-refractivity contribution >= 4 is 23.2 Å². The highest BCUT2D eigenvalue weighted by atomic mass is 35.5. The zero-order valence-corrected chi connectivity index (χ0v) is 16.8. The minimum Gasteiger partial charge on any atom is -0.495 e. The maximum atomic E-state index is 12.2. The van der Waals surface area contributed by atoms with Crippen molar-refractivity contribution in [1.82, 2.24) is 5.32 Å². The first-order valence-electron chi connectivity index (χ1n) is 8.54. The molecule has 0 spiro atoms. The number of anilines is 1. The molecule has 6 nitrogen and oxygen atoms in total. The monoisotopic (exact) mass is 392 g/mol. The lowest BCUT2D eigenvalue weighted by atomic mass is 10.2. The molecule has 0 aliphatic carbocycles. The van der Waals surface area contributed by atoms with Crippen LogP contribution in [0, 0.1) is 6.92 Å². The molecule has 0 fully saturated rings. The van der Waals surface area contributed by atoms with Crippen LogP contribution in [0.4, 0.5) is 5.69 Å². The number of benzene rings is 2. The molecule has 0 aliphatic heterocycles. The molecular formula is C20H25ClN2O4. The number of aryl methyl sites for hydroxylation is 1. The molecule has 2 N–H and O–H groups in total. The van der Waals surface area contributed by atoms with Crippen LogP contribution in [0.3, 0.4) is 0 Å². The quantitative estimate of drug-likeness (QED) is 0.635. The van der Waals surface area contributed by atoms with E-state index < -0.39 is 0 Å². The number of rotatable bonds is 9. The Morgan fingerprint density at radius 2 is 1.70 bits per heavy atom. The van der Waals surface area contributed by atoms with Gasteiger partial charge in [-0.2, -0.15) is 0 Å². The van der Waals surface area contributed by atoms with Gasteiger partial charge in [0.2, 0.25) is 5.91 Å². The predicted molar refractivity (Wildman–Crippen MR) is 107 cm³/mol. The highest BCUT2D eigenvalue weighted by Gasteiger charge is 2.10. The maximum absolute atomic E-state index is 12.2. The van der Waals surface area contributed by atoms with E-state index in [4.69, 9.17) is 25.8 Å². The molecule has 0 radical (unpaired) electrons. The molecular weight excluding hydrogens is 368 g/mol. The van der Waals surface area contributed by atoms with Crippen molar-refractivity contribution in [2.45, 2.75) is 19.9 Å². The molecule has 1 amide bonds. The maximum Gasteiger partial charge on any atom is 0.225 e. The number of methoxy groups -OCH3 is 3. The fraction of sp³-hybridized carbons (Fsp3) is 0.350. The second kappa shape index (κ2) is 10.0. The van der Waals surface area contributed by atoms with Gasteiger partial charge in [-0.3, -0.25) is 4.79 Å². The Balaban J connectivity index is 1.84. The number of carbonyl (C=O) groups is 1. The van der Waals surface area contributed by atoms with Crippen molar-refractivity contribution in [3.63, 3.8) is 0 Å². The minimum absolute atomic E-state index is 0.102. The van der Waals surface area contributed by atoms with Crippen molar-refractivity contribution in [2.24, 2.45) is 0 Å². The van der Waals surface area contributed by atoms with Crippen LogP contribution in [0.2, 0.25) is 5.02 Å². The molecule has 0 unspecified atom stereocenters. The van der Waals surface area contributed by atoms with Gasteiger partial charge in [0, 0.05) is 30.6 Å². The third kappa shape index (κ3) is 5.77. The van der Waals surface area contributed by atoms with Gasteiger partial charge in [-0.05, 0) is 36.2 Å². The highest BCUT2D eigenvalue weighted by molar-refractivity contribution is 6.31. The molecule has 27 heavy (non-hydrogen) atoms. The first kappa shape index (κ1) is 20.9. The van der Waals surface area contributed by atoms with Gasteiger partial charge in [0.1, 0.15) is 5.75 Å². The predicted octanol–water partition coefficient (Wildman–Crippen LogP) is 3.79. The average Bonchev–Trinajstić information content (AvgIpc) is 2.67. The van der Waals surface area contributed by atoms with Gasteiger partial charge in [-0.1, -0.05) is 17.7 Å². The molecule has 2 aromatic rings. The van der Waals surface area contributed by atoms with Crippen LogP contribution in [0.5, 0.6) is 17.2 Å². The van der Waals surface area contributed by atoms with E-state index in [0.717, 1.165) is 11.1 Å². The van der Waals surface area contributed by atoms with E-state index in [2.05, 4.69) is 10.6 Å². The van der Waals surface area contributed by atoms with E-state index >= 15 is 0 Å². The summed E-state index contributed by atoms with van der Waals surface area (Å²) in [6, 6.07) is 9.22. The summed E-state index contributed by atoms with van der Waals surface area (Å²) < 4.78 is 15.8. The number of hydrogen-bond donors (Lipinski definition) is 2. The van der Waals surface area contributed by atoms with E-state index in [1.165, 1.54) is 0 Å². The summed E-state index contributed by atoms with van der Waals surface area (Å²) in [5, 5.41) is 6.71. The number of amides is 1. The summed E-state index contributed by atoms with van der Waals surface area (Å²) in [7, 11) is 4.75. The molecule has 2 rings (SSSR count). The zero-order chi connectivity index (χ0) is 19.8. The SMILES string of the molecule is COc1cc(Cl)c(C)cc1NC(=O)CCNCc1ccc(OC)c(OC)c1. The van der Waals surface area contributed by atoms with E-state index in [1.807, 2.05) is 25.1 Å². The first-order chi connectivity index (χ1) is 13.0. The lowest BCUT2D eigenvalue weighted by Gasteiger charge is -2.13. The lowest BCUT2D eigenvalue weighted by molar-refractivity contribution is -0.116. The third-order valence-electron chi connectivity index (χ3n) is 4.06. The Morgan fingerprint density at radius 3 is 2.37 bits per heavy atom. The van der Waals surface area contributed by atoms with Crippen molar-refractivity contribution in [2.75, 3.05) is 33.2 Å². The fourth-order valence-electron chi connectivity index (χ4n) is 2.57. The molecule has 146 valence electrons. The minimum atomic E-state index is -0.102. The van der Waals surface area contributed by atoms with Crippen molar-refractivity contribution in [3.8, 4) is 17.2 Å². The summed E-state index contributed by atoms with van der Waals surface area (Å²) in [5.74, 6) is 1.81. The Morgan fingerprint density at radius 1 is 1.00 bits per heavy atom. The second-order valence-electron chi connectivity index (χ2n) is 5.97. The van der Waals surface area contributed by atoms with Crippen LogP contribution in [-0.2, 0) is 11.3 Å². The van der Waals surface area contributed by atoms with Gasteiger partial charge in [-0.25, -0.2) is 0 Å². The van der Waals surface area contributed by atoms with Crippen LogP contribution in [0.1, 0.15) is 17.5 Å². The number of ether oxygens (including phenoxy) is 3. The van der Waals surface area contributed by atoms with Gasteiger partial charge in [0.05, 0.1) is 27.0 Å². The molecule has 0 aromatic heterocycles. The second-order valence-corrected chi connectivity index (χ2v) is 6.37. The van der Waals surface area contributed by atoms with E-state index in [1.54, 1.807) is 33.5 Å². The molecule has 7 heteroatoms. The summed E-state index contributed by atoms with van der Waals surface area (Å²) in [5.41, 5.74) is 2.53. The van der Waals surface area contributed by atoms with Crippen molar-refractivity contribution in [1.29, 1.82) is 0 Å². The Bertz CT molecular complexity index is 796. The van der Waals surface area contributed by atoms with Crippen molar-refractivity contribution in [3.05, 3.63) is 46.5 Å². The summed E-state index contributed by atoms with van der Waals surface area (Å²) in [6.07, 6.45) is 0.331. The van der Waals surface area contributed by atoms with Gasteiger partial charge in [0.15, 0.2) is 11.5 Å². The summed E-state index contributed by atoms with van der Waals surface area (Å²) >= 11 is 6.08.